The highest BCUT2D eigenvalue weighted by Crippen LogP contribution is 2.15. The first-order valence-corrected chi connectivity index (χ1v) is 4.30. The Hall–Kier alpha value is -0.120. The number of hydrogen-bond donors (Lipinski definition) is 1. The van der Waals surface area contributed by atoms with Crippen LogP contribution in [0.5, 0.6) is 0 Å². The molecule has 3 heteroatoms. The van der Waals surface area contributed by atoms with Crippen LogP contribution in [0.25, 0.3) is 0 Å². The second kappa shape index (κ2) is 4.70. The molecule has 1 fully saturated rings. The second-order valence-electron chi connectivity index (χ2n) is 3.16. The first-order chi connectivity index (χ1) is 5.29. The Morgan fingerprint density at radius 3 is 2.91 bits per heavy atom. The van der Waals surface area contributed by atoms with E-state index in [4.69, 9.17) is 9.94 Å². The van der Waals surface area contributed by atoms with Crippen LogP contribution in [0, 0.1) is 0 Å². The van der Waals surface area contributed by atoms with Crippen LogP contribution in [0.15, 0.2) is 0 Å². The molecule has 0 aromatic rings. The SMILES string of the molecule is CN(O)CCC1CCCCO1. The van der Waals surface area contributed by atoms with E-state index in [-0.39, 0.29) is 0 Å². The smallest absolute Gasteiger partial charge is 0.0588 e. The van der Waals surface area contributed by atoms with Crippen LogP contribution in [0.1, 0.15) is 25.7 Å². The van der Waals surface area contributed by atoms with Gasteiger partial charge >= 0.3 is 0 Å². The Balaban J connectivity index is 2.05. The van der Waals surface area contributed by atoms with E-state index in [9.17, 15) is 0 Å². The first kappa shape index (κ1) is 8.97. The first-order valence-electron chi connectivity index (χ1n) is 4.30. The number of ether oxygens (including phenoxy) is 1. The molecular formula is C8H17NO2. The molecule has 1 atom stereocenters. The van der Waals surface area contributed by atoms with Crippen molar-refractivity contribution in [1.29, 1.82) is 0 Å². The molecule has 0 radical (unpaired) electrons. The summed E-state index contributed by atoms with van der Waals surface area (Å²) in [5.41, 5.74) is 0. The fourth-order valence-electron chi connectivity index (χ4n) is 1.37. The fraction of sp³-hybridized carbons (Fsp3) is 1.00. The largest absolute Gasteiger partial charge is 0.378 e. The molecule has 1 saturated heterocycles. The second-order valence-corrected chi connectivity index (χ2v) is 3.16. The van der Waals surface area contributed by atoms with Gasteiger partial charge in [-0.1, -0.05) is 0 Å². The zero-order valence-electron chi connectivity index (χ0n) is 7.12. The Labute approximate surface area is 67.9 Å². The summed E-state index contributed by atoms with van der Waals surface area (Å²) in [5, 5.41) is 10.1. The van der Waals surface area contributed by atoms with E-state index in [1.807, 2.05) is 0 Å². The van der Waals surface area contributed by atoms with E-state index in [0.29, 0.717) is 12.6 Å². The van der Waals surface area contributed by atoms with Crippen LogP contribution in [0.3, 0.4) is 0 Å². The predicted molar refractivity (Wildman–Crippen MR) is 42.6 cm³/mol. The average molecular weight is 159 g/mol. The molecule has 1 rings (SSSR count). The maximum Gasteiger partial charge on any atom is 0.0588 e. The molecule has 11 heavy (non-hydrogen) atoms. The molecule has 0 saturated carbocycles. The van der Waals surface area contributed by atoms with E-state index < -0.39 is 0 Å². The third-order valence-corrected chi connectivity index (χ3v) is 2.05. The van der Waals surface area contributed by atoms with Gasteiger partial charge in [0.1, 0.15) is 0 Å². The molecule has 1 N–H and O–H groups in total. The zero-order valence-corrected chi connectivity index (χ0v) is 7.12. The number of hydrogen-bond acceptors (Lipinski definition) is 3. The Kier molecular flexibility index (Phi) is 3.83. The third kappa shape index (κ3) is 3.70. The third-order valence-electron chi connectivity index (χ3n) is 2.05. The van der Waals surface area contributed by atoms with Gasteiger partial charge in [-0.3, -0.25) is 0 Å². The van der Waals surface area contributed by atoms with Crippen molar-refractivity contribution in [2.75, 3.05) is 20.2 Å². The molecule has 0 aromatic carbocycles. The standard InChI is InChI=1S/C8H17NO2/c1-9(10)6-5-8-4-2-3-7-11-8/h8,10H,2-7H2,1H3. The number of rotatable bonds is 3. The van der Waals surface area contributed by atoms with Gasteiger partial charge in [0.15, 0.2) is 0 Å². The normalized spacial score (nSPS) is 25.9. The zero-order chi connectivity index (χ0) is 8.10. The molecule has 0 aromatic heterocycles. The van der Waals surface area contributed by atoms with Crippen molar-refractivity contribution in [2.45, 2.75) is 31.8 Å². The molecular weight excluding hydrogens is 142 g/mol. The van der Waals surface area contributed by atoms with E-state index in [0.717, 1.165) is 19.4 Å². The summed E-state index contributed by atoms with van der Waals surface area (Å²) >= 11 is 0. The molecule has 0 bridgehead atoms. The quantitative estimate of drug-likeness (QED) is 0.629. The van der Waals surface area contributed by atoms with Crippen molar-refractivity contribution in [3.8, 4) is 0 Å². The van der Waals surface area contributed by atoms with Crippen molar-refractivity contribution in [1.82, 2.24) is 5.06 Å². The van der Waals surface area contributed by atoms with Crippen LogP contribution in [-0.2, 0) is 4.74 Å². The Morgan fingerprint density at radius 2 is 2.36 bits per heavy atom. The summed E-state index contributed by atoms with van der Waals surface area (Å²) in [4.78, 5) is 0. The van der Waals surface area contributed by atoms with Crippen LogP contribution >= 0.6 is 0 Å². The molecule has 3 nitrogen and oxygen atoms in total. The molecule has 1 heterocycles. The maximum absolute atomic E-state index is 8.86. The minimum atomic E-state index is 0.387. The highest BCUT2D eigenvalue weighted by Gasteiger charge is 2.13. The topological polar surface area (TPSA) is 32.7 Å². The molecule has 66 valence electrons. The van der Waals surface area contributed by atoms with Crippen LogP contribution in [0.2, 0.25) is 0 Å². The highest BCUT2D eigenvalue weighted by atomic mass is 16.5. The van der Waals surface area contributed by atoms with Gasteiger partial charge in [0, 0.05) is 20.2 Å². The van der Waals surface area contributed by atoms with Gasteiger partial charge in [-0.25, -0.2) is 0 Å². The lowest BCUT2D eigenvalue weighted by Crippen LogP contribution is -2.24. The maximum atomic E-state index is 8.86. The summed E-state index contributed by atoms with van der Waals surface area (Å²) in [6, 6.07) is 0. The van der Waals surface area contributed by atoms with Crippen LogP contribution in [0.4, 0.5) is 0 Å². The van der Waals surface area contributed by atoms with Crippen LogP contribution in [-0.4, -0.2) is 36.6 Å². The number of nitrogens with zero attached hydrogens (tertiary/aromatic N) is 1. The summed E-state index contributed by atoms with van der Waals surface area (Å²) in [5.74, 6) is 0. The van der Waals surface area contributed by atoms with E-state index in [1.165, 1.54) is 17.9 Å². The van der Waals surface area contributed by atoms with Gasteiger partial charge in [0.2, 0.25) is 0 Å². The van der Waals surface area contributed by atoms with Crippen molar-refractivity contribution in [2.24, 2.45) is 0 Å². The van der Waals surface area contributed by atoms with Crippen LogP contribution < -0.4 is 0 Å². The van der Waals surface area contributed by atoms with Crippen molar-refractivity contribution < 1.29 is 9.94 Å². The molecule has 1 unspecified atom stereocenters. The predicted octanol–water partition coefficient (Wildman–Crippen LogP) is 1.27. The minimum Gasteiger partial charge on any atom is -0.378 e. The van der Waals surface area contributed by atoms with Crippen molar-refractivity contribution in [3.63, 3.8) is 0 Å². The number of hydroxylamine groups is 2. The highest BCUT2D eigenvalue weighted by molar-refractivity contribution is 4.63. The summed E-state index contributed by atoms with van der Waals surface area (Å²) in [7, 11) is 1.67. The van der Waals surface area contributed by atoms with E-state index in [1.54, 1.807) is 7.05 Å². The van der Waals surface area contributed by atoms with Crippen molar-refractivity contribution in [3.05, 3.63) is 0 Å². The van der Waals surface area contributed by atoms with Gasteiger partial charge in [0.25, 0.3) is 0 Å². The monoisotopic (exact) mass is 159 g/mol. The van der Waals surface area contributed by atoms with Gasteiger partial charge in [-0.05, 0) is 25.7 Å². The van der Waals surface area contributed by atoms with E-state index >= 15 is 0 Å². The van der Waals surface area contributed by atoms with Gasteiger partial charge in [-0.15, -0.1) is 0 Å². The van der Waals surface area contributed by atoms with Gasteiger partial charge < -0.3 is 9.94 Å². The summed E-state index contributed by atoms with van der Waals surface area (Å²) < 4.78 is 5.49. The lowest BCUT2D eigenvalue weighted by Gasteiger charge is -2.23. The summed E-state index contributed by atoms with van der Waals surface area (Å²) in [6.45, 7) is 1.62. The lowest BCUT2D eigenvalue weighted by atomic mass is 10.1. The van der Waals surface area contributed by atoms with Gasteiger partial charge in [-0.2, -0.15) is 5.06 Å². The summed E-state index contributed by atoms with van der Waals surface area (Å²) in [6.07, 6.45) is 4.98. The molecule has 1 aliphatic heterocycles. The molecule has 0 spiro atoms. The average Bonchev–Trinajstić information content (AvgIpc) is 2.03. The minimum absolute atomic E-state index is 0.387. The van der Waals surface area contributed by atoms with Gasteiger partial charge in [0.05, 0.1) is 6.10 Å². The lowest BCUT2D eigenvalue weighted by molar-refractivity contribution is -0.0810. The fourth-order valence-corrected chi connectivity index (χ4v) is 1.37. The molecule has 0 amide bonds. The van der Waals surface area contributed by atoms with E-state index in [2.05, 4.69) is 0 Å². The Bertz CT molecular complexity index is 100. The molecule has 0 aliphatic carbocycles. The molecule has 1 aliphatic rings. The van der Waals surface area contributed by atoms with Crippen molar-refractivity contribution >= 4 is 0 Å². The Morgan fingerprint density at radius 1 is 1.55 bits per heavy atom.